The van der Waals surface area contributed by atoms with Gasteiger partial charge in [0.1, 0.15) is 6.29 Å². The van der Waals surface area contributed by atoms with E-state index in [-0.39, 0.29) is 0 Å². The monoisotopic (exact) mass is 189 g/mol. The lowest BCUT2D eigenvalue weighted by Gasteiger charge is -2.11. The topological polar surface area (TPSA) is 20.3 Å². The molecule has 0 aliphatic carbocycles. The highest BCUT2D eigenvalue weighted by Crippen LogP contribution is 2.13. The number of anilines is 1. The number of hydrogen-bond donors (Lipinski definition) is 0. The van der Waals surface area contributed by atoms with Crippen LogP contribution in [0.1, 0.15) is 12.0 Å². The number of allylic oxidation sites excluding steroid dienone is 1. The van der Waals surface area contributed by atoms with Crippen molar-refractivity contribution in [2.45, 2.75) is 6.42 Å². The molecule has 0 fully saturated rings. The van der Waals surface area contributed by atoms with E-state index in [2.05, 4.69) is 17.0 Å². The number of nitrogens with zero attached hydrogens (tertiary/aromatic N) is 1. The number of carbonyl (C=O) groups excluding carboxylic acids is 1. The van der Waals surface area contributed by atoms with E-state index in [0.29, 0.717) is 6.42 Å². The van der Waals surface area contributed by atoms with Crippen LogP contribution in [0.5, 0.6) is 0 Å². The molecule has 1 aromatic carbocycles. The maximum absolute atomic E-state index is 10.1. The molecule has 0 N–H and O–H groups in total. The lowest BCUT2D eigenvalue weighted by Crippen LogP contribution is -2.07. The van der Waals surface area contributed by atoms with E-state index in [4.69, 9.17) is 0 Å². The second-order valence-electron chi connectivity index (χ2n) is 3.29. The predicted octanol–water partition coefficient (Wildman–Crippen LogP) is 2.35. The molecule has 0 aliphatic rings. The van der Waals surface area contributed by atoms with Gasteiger partial charge in [-0.05, 0) is 17.7 Å². The summed E-state index contributed by atoms with van der Waals surface area (Å²) in [6, 6.07) is 8.19. The van der Waals surface area contributed by atoms with Gasteiger partial charge in [-0.1, -0.05) is 24.3 Å². The SMILES string of the molecule is CN(C)c1ccc(/C=C/CC=O)cc1. The van der Waals surface area contributed by atoms with Crippen LogP contribution in [0.15, 0.2) is 30.3 Å². The average Bonchev–Trinajstić information content (AvgIpc) is 2.19. The highest BCUT2D eigenvalue weighted by atomic mass is 16.1. The van der Waals surface area contributed by atoms with E-state index in [0.717, 1.165) is 11.8 Å². The first-order valence-electron chi connectivity index (χ1n) is 4.61. The van der Waals surface area contributed by atoms with Gasteiger partial charge in [-0.3, -0.25) is 0 Å². The minimum atomic E-state index is 0.482. The van der Waals surface area contributed by atoms with Gasteiger partial charge in [-0.25, -0.2) is 0 Å². The Labute approximate surface area is 84.9 Å². The fourth-order valence-electron chi connectivity index (χ4n) is 1.14. The summed E-state index contributed by atoms with van der Waals surface area (Å²) in [5, 5.41) is 0. The Kier molecular flexibility index (Phi) is 3.92. The number of rotatable bonds is 4. The fraction of sp³-hybridized carbons (Fsp3) is 0.250. The molecule has 0 unspecified atom stereocenters. The fourth-order valence-corrected chi connectivity index (χ4v) is 1.14. The van der Waals surface area contributed by atoms with Gasteiger partial charge in [0.25, 0.3) is 0 Å². The third kappa shape index (κ3) is 3.05. The van der Waals surface area contributed by atoms with Crippen LogP contribution >= 0.6 is 0 Å². The van der Waals surface area contributed by atoms with Crippen molar-refractivity contribution in [3.05, 3.63) is 35.9 Å². The lowest BCUT2D eigenvalue weighted by atomic mass is 10.2. The summed E-state index contributed by atoms with van der Waals surface area (Å²) in [5.41, 5.74) is 2.30. The molecule has 0 radical (unpaired) electrons. The first-order chi connectivity index (χ1) is 6.74. The highest BCUT2D eigenvalue weighted by molar-refractivity contribution is 5.59. The van der Waals surface area contributed by atoms with Crippen molar-refractivity contribution in [2.75, 3.05) is 19.0 Å². The Morgan fingerprint density at radius 1 is 1.21 bits per heavy atom. The van der Waals surface area contributed by atoms with E-state index < -0.39 is 0 Å². The summed E-state index contributed by atoms with van der Waals surface area (Å²) in [4.78, 5) is 12.1. The predicted molar refractivity (Wildman–Crippen MR) is 60.5 cm³/mol. The van der Waals surface area contributed by atoms with Crippen molar-refractivity contribution in [1.29, 1.82) is 0 Å². The molecule has 0 aliphatic heterocycles. The summed E-state index contributed by atoms with van der Waals surface area (Å²) >= 11 is 0. The second kappa shape index (κ2) is 5.22. The van der Waals surface area contributed by atoms with Crippen LogP contribution in [0.2, 0.25) is 0 Å². The minimum absolute atomic E-state index is 0.482. The zero-order valence-electron chi connectivity index (χ0n) is 8.60. The molecule has 2 nitrogen and oxygen atoms in total. The minimum Gasteiger partial charge on any atom is -0.378 e. The zero-order valence-corrected chi connectivity index (χ0v) is 8.60. The molecule has 74 valence electrons. The van der Waals surface area contributed by atoms with Crippen LogP contribution in [0.4, 0.5) is 5.69 Å². The maximum Gasteiger partial charge on any atom is 0.123 e. The summed E-state index contributed by atoms with van der Waals surface area (Å²) < 4.78 is 0. The maximum atomic E-state index is 10.1. The van der Waals surface area contributed by atoms with Gasteiger partial charge >= 0.3 is 0 Å². The number of aldehydes is 1. The smallest absolute Gasteiger partial charge is 0.123 e. The van der Waals surface area contributed by atoms with E-state index in [1.54, 1.807) is 0 Å². The highest BCUT2D eigenvalue weighted by Gasteiger charge is 1.92. The molecule has 0 saturated heterocycles. The molecule has 2 heteroatoms. The molecule has 0 atom stereocenters. The standard InChI is InChI=1S/C12H15NO/c1-13(2)12-8-6-11(7-9-12)5-3-4-10-14/h3,5-10H,4H2,1-2H3/b5-3+. The third-order valence-electron chi connectivity index (χ3n) is 1.95. The molecule has 0 heterocycles. The molecule has 0 amide bonds. The molecular formula is C12H15NO. The molecule has 0 saturated carbocycles. The first kappa shape index (κ1) is 10.5. The van der Waals surface area contributed by atoms with Gasteiger partial charge in [-0.2, -0.15) is 0 Å². The van der Waals surface area contributed by atoms with Crippen molar-refractivity contribution in [3.63, 3.8) is 0 Å². The van der Waals surface area contributed by atoms with Crippen molar-refractivity contribution in [1.82, 2.24) is 0 Å². The van der Waals surface area contributed by atoms with Crippen LogP contribution in [-0.4, -0.2) is 20.4 Å². The summed E-state index contributed by atoms with van der Waals surface area (Å²) in [5.74, 6) is 0. The molecule has 0 bridgehead atoms. The normalized spacial score (nSPS) is 10.4. The van der Waals surface area contributed by atoms with E-state index in [9.17, 15) is 4.79 Å². The van der Waals surface area contributed by atoms with Gasteiger partial charge in [-0.15, -0.1) is 0 Å². The van der Waals surface area contributed by atoms with E-state index in [1.165, 1.54) is 5.69 Å². The van der Waals surface area contributed by atoms with Gasteiger partial charge < -0.3 is 9.69 Å². The Morgan fingerprint density at radius 2 is 1.86 bits per heavy atom. The van der Waals surface area contributed by atoms with Crippen molar-refractivity contribution < 1.29 is 4.79 Å². The van der Waals surface area contributed by atoms with Crippen LogP contribution in [0.25, 0.3) is 6.08 Å². The summed E-state index contributed by atoms with van der Waals surface area (Å²) in [7, 11) is 4.02. The van der Waals surface area contributed by atoms with Crippen LogP contribution in [-0.2, 0) is 4.79 Å². The van der Waals surface area contributed by atoms with Crippen molar-refractivity contribution in [2.24, 2.45) is 0 Å². The Hall–Kier alpha value is -1.57. The van der Waals surface area contributed by atoms with Crippen LogP contribution < -0.4 is 4.90 Å². The van der Waals surface area contributed by atoms with Gasteiger partial charge in [0, 0.05) is 26.2 Å². The van der Waals surface area contributed by atoms with Crippen LogP contribution in [0.3, 0.4) is 0 Å². The van der Waals surface area contributed by atoms with Crippen molar-refractivity contribution >= 4 is 18.0 Å². The number of hydrogen-bond acceptors (Lipinski definition) is 2. The zero-order chi connectivity index (χ0) is 10.4. The number of carbonyl (C=O) groups is 1. The quantitative estimate of drug-likeness (QED) is 0.678. The largest absolute Gasteiger partial charge is 0.378 e. The molecular weight excluding hydrogens is 174 g/mol. The second-order valence-corrected chi connectivity index (χ2v) is 3.29. The summed E-state index contributed by atoms with van der Waals surface area (Å²) in [6.07, 6.45) is 5.19. The van der Waals surface area contributed by atoms with Gasteiger partial charge in [0.15, 0.2) is 0 Å². The molecule has 14 heavy (non-hydrogen) atoms. The summed E-state index contributed by atoms with van der Waals surface area (Å²) in [6.45, 7) is 0. The van der Waals surface area contributed by atoms with E-state index in [1.807, 2.05) is 38.4 Å². The van der Waals surface area contributed by atoms with E-state index >= 15 is 0 Å². The number of benzene rings is 1. The third-order valence-corrected chi connectivity index (χ3v) is 1.95. The first-order valence-corrected chi connectivity index (χ1v) is 4.61. The molecule has 1 rings (SSSR count). The van der Waals surface area contributed by atoms with Crippen LogP contribution in [0, 0.1) is 0 Å². The molecule has 0 spiro atoms. The molecule has 1 aromatic rings. The Balaban J connectivity index is 2.68. The Bertz CT molecular complexity index is 312. The Morgan fingerprint density at radius 3 is 2.36 bits per heavy atom. The van der Waals surface area contributed by atoms with Gasteiger partial charge in [0.05, 0.1) is 0 Å². The molecule has 0 aromatic heterocycles. The van der Waals surface area contributed by atoms with Crippen molar-refractivity contribution in [3.8, 4) is 0 Å². The average molecular weight is 189 g/mol. The van der Waals surface area contributed by atoms with Gasteiger partial charge in [0.2, 0.25) is 0 Å². The lowest BCUT2D eigenvalue weighted by molar-refractivity contribution is -0.107.